The van der Waals surface area contributed by atoms with Crippen LogP contribution in [-0.2, 0) is 0 Å². The number of thiol groups is 4. The maximum atomic E-state index is 4.51. The highest BCUT2D eigenvalue weighted by Crippen LogP contribution is 2.23. The fraction of sp³-hybridized carbons (Fsp3) is 1.00. The lowest BCUT2D eigenvalue weighted by Crippen LogP contribution is -2.15. The summed E-state index contributed by atoms with van der Waals surface area (Å²) in [5.41, 5.74) is 0. The average molecular weight is 455 g/mol. The molecule has 0 bridgehead atoms. The maximum absolute atomic E-state index is 4.51. The molecule has 0 aliphatic carbocycles. The minimum Gasteiger partial charge on any atom is -0.179 e. The second-order valence-corrected chi connectivity index (χ2v) is 11.6. The van der Waals surface area contributed by atoms with Gasteiger partial charge in [0, 0.05) is 50.8 Å². The molecule has 0 aromatic carbocycles. The van der Waals surface area contributed by atoms with Gasteiger partial charge in [-0.3, -0.25) is 0 Å². The normalized spacial score (nSPS) is 15.7. The van der Waals surface area contributed by atoms with Gasteiger partial charge in [-0.25, -0.2) is 0 Å². The smallest absolute Gasteiger partial charge is 0.0226 e. The summed E-state index contributed by atoms with van der Waals surface area (Å²) < 4.78 is 0. The summed E-state index contributed by atoms with van der Waals surface area (Å²) in [4.78, 5) is 0. The van der Waals surface area contributed by atoms with Crippen molar-refractivity contribution in [1.29, 1.82) is 0 Å². The predicted molar refractivity (Wildman–Crippen MR) is 132 cm³/mol. The fourth-order valence-electron chi connectivity index (χ4n) is 1.47. The Labute approximate surface area is 177 Å². The molecule has 3 atom stereocenters. The third-order valence-corrected chi connectivity index (χ3v) is 11.0. The molecule has 0 saturated heterocycles. The van der Waals surface area contributed by atoms with E-state index in [0.717, 1.165) is 34.7 Å². The molecule has 134 valence electrons. The summed E-state index contributed by atoms with van der Waals surface area (Å²) in [6.45, 7) is 2.27. The van der Waals surface area contributed by atoms with Crippen molar-refractivity contribution in [1.82, 2.24) is 0 Å². The minimum atomic E-state index is 0.657. The minimum absolute atomic E-state index is 0.657. The largest absolute Gasteiger partial charge is 0.179 e. The van der Waals surface area contributed by atoms with Gasteiger partial charge in [-0.05, 0) is 23.2 Å². The Hall–Kier alpha value is 2.80. The van der Waals surface area contributed by atoms with Crippen LogP contribution in [-0.4, -0.2) is 68.0 Å². The van der Waals surface area contributed by atoms with Crippen LogP contribution >= 0.6 is 97.6 Å². The molecule has 0 rings (SSSR count). The SMILES string of the molecule is CC(CS)CSCCSC(CS)CSCC(CS)SCCS. The van der Waals surface area contributed by atoms with Gasteiger partial charge in [0.05, 0.1) is 0 Å². The van der Waals surface area contributed by atoms with E-state index in [4.69, 9.17) is 0 Å². The monoisotopic (exact) mass is 454 g/mol. The molecule has 0 aromatic rings. The van der Waals surface area contributed by atoms with Gasteiger partial charge in [0.2, 0.25) is 0 Å². The topological polar surface area (TPSA) is 0 Å². The second kappa shape index (κ2) is 18.6. The zero-order valence-corrected chi connectivity index (χ0v) is 20.1. The average Bonchev–Trinajstić information content (AvgIpc) is 2.55. The summed E-state index contributed by atoms with van der Waals surface area (Å²) in [5.74, 6) is 11.9. The highest BCUT2D eigenvalue weighted by atomic mass is 32.2. The summed E-state index contributed by atoms with van der Waals surface area (Å²) in [6, 6.07) is 0. The van der Waals surface area contributed by atoms with Crippen LogP contribution in [0.1, 0.15) is 6.92 Å². The van der Waals surface area contributed by atoms with Gasteiger partial charge in [-0.15, -0.1) is 0 Å². The van der Waals surface area contributed by atoms with Gasteiger partial charge in [0.1, 0.15) is 0 Å². The summed E-state index contributed by atoms with van der Waals surface area (Å²) >= 11 is 25.8. The van der Waals surface area contributed by atoms with Gasteiger partial charge in [-0.1, -0.05) is 6.92 Å². The molecular weight excluding hydrogens is 425 g/mol. The zero-order chi connectivity index (χ0) is 16.6. The second-order valence-electron chi connectivity index (χ2n) is 4.97. The lowest BCUT2D eigenvalue weighted by molar-refractivity contribution is 0.767. The van der Waals surface area contributed by atoms with Gasteiger partial charge in [0.25, 0.3) is 0 Å². The van der Waals surface area contributed by atoms with Crippen LogP contribution in [0.4, 0.5) is 0 Å². The summed E-state index contributed by atoms with van der Waals surface area (Å²) in [7, 11) is 0. The molecule has 0 amide bonds. The fourth-order valence-corrected chi connectivity index (χ4v) is 8.10. The van der Waals surface area contributed by atoms with E-state index in [2.05, 4.69) is 92.7 Å². The predicted octanol–water partition coefficient (Wildman–Crippen LogP) is 5.01. The van der Waals surface area contributed by atoms with Crippen LogP contribution in [0.25, 0.3) is 0 Å². The molecule has 0 aliphatic rings. The van der Waals surface area contributed by atoms with Crippen molar-refractivity contribution in [3.8, 4) is 0 Å². The number of hydrogen-bond acceptors (Lipinski definition) is 8. The van der Waals surface area contributed by atoms with E-state index in [0.29, 0.717) is 10.5 Å². The van der Waals surface area contributed by atoms with Gasteiger partial charge in [0.15, 0.2) is 0 Å². The van der Waals surface area contributed by atoms with E-state index < -0.39 is 0 Å². The van der Waals surface area contributed by atoms with Crippen molar-refractivity contribution in [2.75, 3.05) is 57.5 Å². The molecule has 22 heavy (non-hydrogen) atoms. The molecule has 0 radical (unpaired) electrons. The van der Waals surface area contributed by atoms with Crippen molar-refractivity contribution in [2.24, 2.45) is 5.92 Å². The Balaban J connectivity index is 3.65. The molecular formula is C14H30S8. The summed E-state index contributed by atoms with van der Waals surface area (Å²) in [6.07, 6.45) is 0. The Morgan fingerprint density at radius 2 is 1.27 bits per heavy atom. The molecule has 3 unspecified atom stereocenters. The van der Waals surface area contributed by atoms with Gasteiger partial charge >= 0.3 is 0 Å². The van der Waals surface area contributed by atoms with Crippen LogP contribution in [0.15, 0.2) is 0 Å². The molecule has 0 saturated carbocycles. The van der Waals surface area contributed by atoms with Crippen LogP contribution in [0.5, 0.6) is 0 Å². The van der Waals surface area contributed by atoms with Crippen LogP contribution in [0.3, 0.4) is 0 Å². The number of thioether (sulfide) groups is 4. The first-order valence-corrected chi connectivity index (χ1v) is 14.4. The Morgan fingerprint density at radius 3 is 1.77 bits per heavy atom. The first kappa shape index (κ1) is 24.8. The Morgan fingerprint density at radius 1 is 0.682 bits per heavy atom. The number of hydrogen-bond donors (Lipinski definition) is 4. The lowest BCUT2D eigenvalue weighted by Gasteiger charge is -2.17. The lowest BCUT2D eigenvalue weighted by atomic mass is 10.3. The molecule has 0 spiro atoms. The highest BCUT2D eigenvalue weighted by Gasteiger charge is 2.11. The van der Waals surface area contributed by atoms with E-state index in [9.17, 15) is 0 Å². The van der Waals surface area contributed by atoms with Crippen molar-refractivity contribution in [3.05, 3.63) is 0 Å². The van der Waals surface area contributed by atoms with Gasteiger partial charge < -0.3 is 0 Å². The first-order valence-electron chi connectivity index (χ1n) is 7.50. The Bertz CT molecular complexity index is 229. The molecule has 0 nitrogen and oxygen atoms in total. The van der Waals surface area contributed by atoms with Crippen LogP contribution in [0.2, 0.25) is 0 Å². The van der Waals surface area contributed by atoms with Crippen molar-refractivity contribution in [2.45, 2.75) is 17.4 Å². The van der Waals surface area contributed by atoms with Gasteiger partial charge in [-0.2, -0.15) is 97.6 Å². The van der Waals surface area contributed by atoms with E-state index >= 15 is 0 Å². The van der Waals surface area contributed by atoms with Crippen molar-refractivity contribution >= 4 is 97.6 Å². The molecule has 0 N–H and O–H groups in total. The molecule has 0 heterocycles. The van der Waals surface area contributed by atoms with E-state index in [-0.39, 0.29) is 0 Å². The maximum Gasteiger partial charge on any atom is 0.0226 e. The van der Waals surface area contributed by atoms with Crippen molar-refractivity contribution in [3.63, 3.8) is 0 Å². The third kappa shape index (κ3) is 15.1. The van der Waals surface area contributed by atoms with E-state index in [1.165, 1.54) is 28.8 Å². The molecule has 0 aromatic heterocycles. The number of rotatable bonds is 16. The Kier molecular flexibility index (Phi) is 21.0. The molecule has 0 aliphatic heterocycles. The third-order valence-electron chi connectivity index (χ3n) is 2.75. The molecule has 8 heteroatoms. The first-order chi connectivity index (χ1) is 10.7. The summed E-state index contributed by atoms with van der Waals surface area (Å²) in [5, 5.41) is 1.33. The van der Waals surface area contributed by atoms with E-state index in [1.54, 1.807) is 0 Å². The van der Waals surface area contributed by atoms with E-state index in [1.807, 2.05) is 11.8 Å². The van der Waals surface area contributed by atoms with Crippen LogP contribution in [0, 0.1) is 5.92 Å². The highest BCUT2D eigenvalue weighted by molar-refractivity contribution is 8.06. The standard InChI is InChI=1S/C14H30S8/c1-12(6-16)9-19-4-5-22-14(8-18)11-20-10-13(7-17)21-3-2-15/h12-18H,2-11H2,1H3. The zero-order valence-electron chi connectivity index (χ0n) is 13.2. The molecule has 0 fully saturated rings. The van der Waals surface area contributed by atoms with Crippen LogP contribution < -0.4 is 0 Å². The quantitative estimate of drug-likeness (QED) is 0.191. The van der Waals surface area contributed by atoms with Crippen molar-refractivity contribution < 1.29 is 0 Å².